The third-order valence-corrected chi connectivity index (χ3v) is 14.6. The summed E-state index contributed by atoms with van der Waals surface area (Å²) in [5.41, 5.74) is 3.68. The Bertz CT molecular complexity index is 2170. The molecule has 2 fully saturated rings. The van der Waals surface area contributed by atoms with Gasteiger partial charge in [-0.25, -0.2) is 19.6 Å². The molecule has 17 heteroatoms. The summed E-state index contributed by atoms with van der Waals surface area (Å²) in [5.74, 6) is 0.876. The lowest BCUT2D eigenvalue weighted by Gasteiger charge is -2.36. The first-order chi connectivity index (χ1) is 28.4. The molecule has 16 nitrogen and oxygen atoms in total. The van der Waals surface area contributed by atoms with Gasteiger partial charge in [-0.05, 0) is 68.8 Å². The van der Waals surface area contributed by atoms with Gasteiger partial charge in [0.1, 0.15) is 23.7 Å². The molecular weight excluding hydrogens is 785 g/mol. The topological polar surface area (TPSA) is 193 Å². The molecule has 60 heavy (non-hydrogen) atoms. The van der Waals surface area contributed by atoms with Crippen molar-refractivity contribution >= 4 is 32.1 Å². The minimum absolute atomic E-state index is 0.240. The van der Waals surface area contributed by atoms with E-state index in [0.29, 0.717) is 24.4 Å². The van der Waals surface area contributed by atoms with Crippen molar-refractivity contribution in [3.63, 3.8) is 0 Å². The smallest absolute Gasteiger partial charge is 0.407 e. The highest BCUT2D eigenvalue weighted by Gasteiger charge is 2.49. The maximum atomic E-state index is 14.1. The number of nitrogens with zero attached hydrogens (tertiary/aromatic N) is 4. The van der Waals surface area contributed by atoms with Crippen molar-refractivity contribution < 1.29 is 38.1 Å². The Hall–Kier alpha value is -5.52. The van der Waals surface area contributed by atoms with Crippen LogP contribution in [0.4, 0.5) is 9.59 Å². The molecule has 4 atom stereocenters. The van der Waals surface area contributed by atoms with Gasteiger partial charge >= 0.3 is 12.2 Å². The molecule has 2 aromatic carbocycles. The Kier molecular flexibility index (Phi) is 12.9. The number of aromatic nitrogens is 4. The van der Waals surface area contributed by atoms with Gasteiger partial charge < -0.3 is 49.3 Å². The quantitative estimate of drug-likeness (QED) is 0.112. The Balaban J connectivity index is 1.14. The van der Waals surface area contributed by atoms with Gasteiger partial charge in [0.25, 0.3) is 0 Å². The summed E-state index contributed by atoms with van der Waals surface area (Å²) < 4.78 is 20.9. The number of imidazole rings is 2. The van der Waals surface area contributed by atoms with Gasteiger partial charge in [0.15, 0.2) is 0 Å². The molecular formula is C43H58N8O8Si. The lowest BCUT2D eigenvalue weighted by molar-refractivity contribution is -0.142. The van der Waals surface area contributed by atoms with Crippen LogP contribution in [0.25, 0.3) is 33.6 Å². The molecule has 0 saturated carbocycles. The molecule has 4 aromatic rings. The summed E-state index contributed by atoms with van der Waals surface area (Å²) in [7, 11) is 3.73. The van der Waals surface area contributed by atoms with E-state index in [9.17, 15) is 19.2 Å². The van der Waals surface area contributed by atoms with Crippen molar-refractivity contribution in [3.8, 4) is 33.6 Å². The Morgan fingerprint density at radius 3 is 1.53 bits per heavy atom. The van der Waals surface area contributed by atoms with E-state index >= 15 is 0 Å². The van der Waals surface area contributed by atoms with E-state index in [1.807, 2.05) is 29.2 Å². The molecule has 0 spiro atoms. The predicted molar refractivity (Wildman–Crippen MR) is 228 cm³/mol. The molecule has 2 aliphatic rings. The third kappa shape index (κ3) is 9.27. The molecule has 4 N–H and O–H groups in total. The number of benzene rings is 2. The molecule has 6 rings (SSSR count). The Labute approximate surface area is 352 Å². The minimum Gasteiger partial charge on any atom is -0.453 e. The average Bonchev–Trinajstić information content (AvgIpc) is 4.08. The summed E-state index contributed by atoms with van der Waals surface area (Å²) in [4.78, 5) is 72.4. The van der Waals surface area contributed by atoms with E-state index in [1.54, 1.807) is 45.0 Å². The number of aromatic amines is 2. The number of hydrogen-bond donors (Lipinski definition) is 4. The second kappa shape index (κ2) is 17.6. The SMILES string of the molecule is COC(=O)N[C@H](C(=O)N1CCC[C@H]1c1ncc(-c2ccc(-c3ccc(-c4cnc([C@@H]5C[Si](C)(C)CN5C(=O)[C@@H](NC(=O)OC)C(C)(C)OC)[nH]4)cc3)cc2)[nH]1)C(C)(C)OC. The summed E-state index contributed by atoms with van der Waals surface area (Å²) in [5, 5.41) is 5.36. The van der Waals surface area contributed by atoms with Crippen LogP contribution in [0.3, 0.4) is 0 Å². The first-order valence-corrected chi connectivity index (χ1v) is 23.5. The van der Waals surface area contributed by atoms with E-state index < -0.39 is 43.5 Å². The summed E-state index contributed by atoms with van der Waals surface area (Å²) in [6, 6.07) is 14.8. The number of carbonyl (C=O) groups is 4. The molecule has 0 radical (unpaired) electrons. The van der Waals surface area contributed by atoms with E-state index in [4.69, 9.17) is 23.9 Å². The van der Waals surface area contributed by atoms with Crippen molar-refractivity contribution in [2.24, 2.45) is 0 Å². The van der Waals surface area contributed by atoms with E-state index in [1.165, 1.54) is 28.4 Å². The molecule has 4 heterocycles. The highest BCUT2D eigenvalue weighted by molar-refractivity contribution is 6.78. The predicted octanol–water partition coefficient (Wildman–Crippen LogP) is 6.23. The Morgan fingerprint density at radius 2 is 1.10 bits per heavy atom. The normalized spacial score (nSPS) is 18.8. The zero-order valence-electron chi connectivity index (χ0n) is 36.2. The Morgan fingerprint density at radius 1 is 0.683 bits per heavy atom. The number of nitrogens with one attached hydrogen (secondary N) is 4. The molecule has 0 unspecified atom stereocenters. The average molecular weight is 843 g/mol. The monoisotopic (exact) mass is 842 g/mol. The van der Waals surface area contributed by atoms with Gasteiger partial charge in [-0.1, -0.05) is 61.6 Å². The van der Waals surface area contributed by atoms with Crippen molar-refractivity contribution in [2.75, 3.05) is 41.2 Å². The lowest BCUT2D eigenvalue weighted by atomic mass is 9.96. The fourth-order valence-electron chi connectivity index (χ4n) is 8.04. The minimum atomic E-state index is -1.82. The highest BCUT2D eigenvalue weighted by atomic mass is 28.3. The van der Waals surface area contributed by atoms with Crippen LogP contribution in [-0.2, 0) is 28.5 Å². The van der Waals surface area contributed by atoms with Crippen LogP contribution >= 0.6 is 0 Å². The maximum absolute atomic E-state index is 14.1. The molecule has 0 aliphatic carbocycles. The van der Waals surface area contributed by atoms with Crippen LogP contribution in [0.1, 0.15) is 64.3 Å². The molecule has 0 bridgehead atoms. The number of ether oxygens (including phenoxy) is 4. The van der Waals surface area contributed by atoms with Crippen LogP contribution in [-0.4, -0.2) is 126 Å². The van der Waals surface area contributed by atoms with Crippen LogP contribution in [0, 0.1) is 0 Å². The molecule has 322 valence electrons. The van der Waals surface area contributed by atoms with Crippen molar-refractivity contribution in [1.29, 1.82) is 0 Å². The zero-order chi connectivity index (χ0) is 43.6. The van der Waals surface area contributed by atoms with Crippen molar-refractivity contribution in [2.45, 2.75) is 95.0 Å². The van der Waals surface area contributed by atoms with Crippen LogP contribution in [0.2, 0.25) is 19.1 Å². The fourth-order valence-corrected chi connectivity index (χ4v) is 10.9. The molecule has 4 amide bonds. The first-order valence-electron chi connectivity index (χ1n) is 20.1. The standard InChI is InChI=1S/C43H58N8O8Si/c1-42(2,58-7)34(48-40(54)56-5)38(52)50-21-11-12-32(50)36-44-22-30(46-36)28-17-13-26(14-18-28)27-15-19-29(20-16-27)31-23-45-37(47-31)33-24-60(9,10)25-51(33)39(53)35(43(3,4)59-8)49-41(55)57-6/h13-20,22-23,32-35H,11-12,21,24-25H2,1-10H3,(H,44,46)(H,45,47)(H,48,54)(H,49,55)/t32-,33-,34+,35+/m0/s1. The number of methoxy groups -OCH3 is 4. The fraction of sp³-hybridized carbons (Fsp3) is 0.488. The zero-order valence-corrected chi connectivity index (χ0v) is 37.2. The van der Waals surface area contributed by atoms with Gasteiger partial charge in [0.05, 0.1) is 69.4 Å². The summed E-state index contributed by atoms with van der Waals surface area (Å²) in [6.07, 6.45) is 4.32. The van der Waals surface area contributed by atoms with Crippen LogP contribution in [0.5, 0.6) is 0 Å². The highest BCUT2D eigenvalue weighted by Crippen LogP contribution is 2.39. The molecule has 2 aliphatic heterocycles. The van der Waals surface area contributed by atoms with Crippen LogP contribution < -0.4 is 10.6 Å². The van der Waals surface area contributed by atoms with Gasteiger partial charge in [-0.3, -0.25) is 9.59 Å². The first kappa shape index (κ1) is 44.0. The van der Waals surface area contributed by atoms with Gasteiger partial charge in [-0.15, -0.1) is 0 Å². The second-order valence-electron chi connectivity index (χ2n) is 17.3. The largest absolute Gasteiger partial charge is 0.453 e. The third-order valence-electron chi connectivity index (χ3n) is 11.9. The van der Waals surface area contributed by atoms with Gasteiger partial charge in [0.2, 0.25) is 11.8 Å². The van der Waals surface area contributed by atoms with Gasteiger partial charge in [0, 0.05) is 26.9 Å². The second-order valence-corrected chi connectivity index (χ2v) is 22.4. The molecule has 2 aromatic heterocycles. The molecule has 2 saturated heterocycles. The van der Waals surface area contributed by atoms with Crippen molar-refractivity contribution in [1.82, 2.24) is 40.4 Å². The van der Waals surface area contributed by atoms with Crippen molar-refractivity contribution in [3.05, 3.63) is 72.6 Å². The van der Waals surface area contributed by atoms with Gasteiger partial charge in [-0.2, -0.15) is 0 Å². The number of carbonyl (C=O) groups excluding carboxylic acids is 4. The number of likely N-dealkylation sites (tertiary alicyclic amines) is 1. The number of hydrogen-bond acceptors (Lipinski definition) is 10. The van der Waals surface area contributed by atoms with E-state index in [-0.39, 0.29) is 23.9 Å². The lowest BCUT2D eigenvalue weighted by Crippen LogP contribution is -2.59. The summed E-state index contributed by atoms with van der Waals surface area (Å²) >= 11 is 0. The number of alkyl carbamates (subject to hydrolysis) is 2. The van der Waals surface area contributed by atoms with E-state index in [2.05, 4.69) is 62.9 Å². The number of amides is 4. The maximum Gasteiger partial charge on any atom is 0.407 e. The number of H-pyrrole nitrogens is 2. The summed E-state index contributed by atoms with van der Waals surface area (Å²) in [6.45, 7) is 12.1. The van der Waals surface area contributed by atoms with E-state index in [0.717, 1.165) is 52.5 Å². The van der Waals surface area contributed by atoms with Crippen LogP contribution in [0.15, 0.2) is 60.9 Å². The number of rotatable bonds is 13.